The van der Waals surface area contributed by atoms with Crippen molar-refractivity contribution in [3.05, 3.63) is 34.7 Å². The lowest BCUT2D eigenvalue weighted by molar-refractivity contribution is -0.0433. The lowest BCUT2D eigenvalue weighted by Crippen LogP contribution is -2.37. The molecule has 1 aromatic carbocycles. The van der Waals surface area contributed by atoms with E-state index in [1.807, 2.05) is 0 Å². The predicted octanol–water partition coefficient (Wildman–Crippen LogP) is -0.120. The number of sulfone groups is 2. The lowest BCUT2D eigenvalue weighted by Gasteiger charge is -2.14. The van der Waals surface area contributed by atoms with Gasteiger partial charge < -0.3 is 10.6 Å². The van der Waals surface area contributed by atoms with E-state index in [0.29, 0.717) is 36.3 Å². The van der Waals surface area contributed by atoms with Crippen LogP contribution in [-0.2, 0) is 19.7 Å². The monoisotopic (exact) mass is 424 g/mol. The molecule has 2 rings (SSSR count). The Balaban J connectivity index is 2.90. The van der Waals surface area contributed by atoms with E-state index in [0.717, 1.165) is 12.1 Å². The standard InChI is InChI=1S/C12H10F6N2O4S2/c13-11(14,15)25(21,22)10(26(23,24)12(16,17)18)8-3-1-7(2-4-8)9-19-5-6-20-9/h1-4,19-20H,5-6H2. The summed E-state index contributed by atoms with van der Waals surface area (Å²) in [7, 11) is -13.6. The zero-order chi connectivity index (χ0) is 20.0. The minimum atomic E-state index is -6.79. The van der Waals surface area contributed by atoms with Crippen LogP contribution in [-0.4, -0.2) is 40.9 Å². The van der Waals surface area contributed by atoms with Crippen molar-refractivity contribution in [2.75, 3.05) is 13.1 Å². The molecule has 1 fully saturated rings. The van der Waals surface area contributed by atoms with Gasteiger partial charge in [0.15, 0.2) is 4.24 Å². The smallest absolute Gasteiger partial charge is 0.370 e. The SMILES string of the molecule is O=S(=O)(C(=c1ccc(=C2NCCN2)cc1)S(=O)(=O)C(F)(F)F)C(F)(F)F. The second kappa shape index (κ2) is 6.33. The van der Waals surface area contributed by atoms with Gasteiger partial charge in [-0.2, -0.15) is 26.3 Å². The number of alkyl halides is 6. The highest BCUT2D eigenvalue weighted by Gasteiger charge is 2.60. The molecule has 1 aliphatic rings. The molecule has 0 atom stereocenters. The van der Waals surface area contributed by atoms with Gasteiger partial charge in [0.25, 0.3) is 19.7 Å². The predicted molar refractivity (Wildman–Crippen MR) is 78.5 cm³/mol. The fourth-order valence-corrected chi connectivity index (χ4v) is 5.12. The molecule has 6 nitrogen and oxygen atoms in total. The highest BCUT2D eigenvalue weighted by atomic mass is 32.3. The van der Waals surface area contributed by atoms with Crippen molar-refractivity contribution in [3.63, 3.8) is 0 Å². The van der Waals surface area contributed by atoms with Crippen LogP contribution in [0.4, 0.5) is 26.3 Å². The van der Waals surface area contributed by atoms with Gasteiger partial charge in [0.05, 0.1) is 0 Å². The van der Waals surface area contributed by atoms with E-state index >= 15 is 0 Å². The first-order valence-electron chi connectivity index (χ1n) is 6.65. The lowest BCUT2D eigenvalue weighted by atomic mass is 10.2. The largest absolute Gasteiger partial charge is 0.502 e. The summed E-state index contributed by atoms with van der Waals surface area (Å²) in [4.78, 5) is 0. The van der Waals surface area contributed by atoms with Crippen LogP contribution in [0.3, 0.4) is 0 Å². The average molecular weight is 424 g/mol. The Morgan fingerprint density at radius 2 is 1.15 bits per heavy atom. The van der Waals surface area contributed by atoms with Crippen LogP contribution in [0, 0.1) is 0 Å². The normalized spacial score (nSPS) is 16.2. The number of rotatable bonds is 2. The number of benzene rings is 1. The van der Waals surface area contributed by atoms with Crippen molar-refractivity contribution >= 4 is 29.7 Å². The summed E-state index contributed by atoms with van der Waals surface area (Å²) in [6.45, 7) is 1.03. The molecule has 0 amide bonds. The number of halogens is 6. The van der Waals surface area contributed by atoms with Gasteiger partial charge in [-0.05, 0) is 0 Å². The van der Waals surface area contributed by atoms with Crippen LogP contribution in [0.1, 0.15) is 0 Å². The quantitative estimate of drug-likeness (QED) is 0.644. The van der Waals surface area contributed by atoms with Crippen molar-refractivity contribution in [3.8, 4) is 0 Å². The molecule has 14 heteroatoms. The molecule has 1 aromatic rings. The van der Waals surface area contributed by atoms with Crippen LogP contribution < -0.4 is 21.1 Å². The second-order valence-corrected chi connectivity index (χ2v) is 9.01. The van der Waals surface area contributed by atoms with Crippen molar-refractivity contribution in [1.82, 2.24) is 10.6 Å². The summed E-state index contributed by atoms with van der Waals surface area (Å²) < 4.78 is 120. The van der Waals surface area contributed by atoms with E-state index in [-0.39, 0.29) is 0 Å². The molecule has 146 valence electrons. The summed E-state index contributed by atoms with van der Waals surface area (Å²) in [6, 6.07) is 3.11. The fraction of sp³-hybridized carbons (Fsp3) is 0.333. The van der Waals surface area contributed by atoms with Crippen LogP contribution >= 0.6 is 0 Å². The molecule has 0 aliphatic carbocycles. The summed E-state index contributed by atoms with van der Waals surface area (Å²) >= 11 is 0. The zero-order valence-electron chi connectivity index (χ0n) is 12.4. The molecular weight excluding hydrogens is 414 g/mol. The number of nitrogens with one attached hydrogen (secondary N) is 2. The molecule has 1 saturated heterocycles. The number of hydrogen-bond donors (Lipinski definition) is 2. The fourth-order valence-electron chi connectivity index (χ4n) is 2.08. The maximum Gasteiger partial charge on any atom is 0.502 e. The molecule has 0 radical (unpaired) electrons. The molecule has 1 aliphatic heterocycles. The first kappa shape index (κ1) is 20.4. The van der Waals surface area contributed by atoms with Crippen LogP contribution in [0.25, 0.3) is 10.1 Å². The molecule has 2 N–H and O–H groups in total. The molecule has 26 heavy (non-hydrogen) atoms. The van der Waals surface area contributed by atoms with Gasteiger partial charge in [0.1, 0.15) is 5.82 Å². The molecule has 0 spiro atoms. The second-order valence-electron chi connectivity index (χ2n) is 4.99. The van der Waals surface area contributed by atoms with Gasteiger partial charge >= 0.3 is 11.0 Å². The zero-order valence-corrected chi connectivity index (χ0v) is 14.1. The minimum Gasteiger partial charge on any atom is -0.370 e. The van der Waals surface area contributed by atoms with Crippen molar-refractivity contribution in [1.29, 1.82) is 0 Å². The topological polar surface area (TPSA) is 92.3 Å². The van der Waals surface area contributed by atoms with Gasteiger partial charge in [-0.3, -0.25) is 0 Å². The third-order valence-corrected chi connectivity index (χ3v) is 7.22. The highest BCUT2D eigenvalue weighted by Crippen LogP contribution is 2.38. The third-order valence-electron chi connectivity index (χ3n) is 3.24. The molecule has 0 saturated carbocycles. The molecule has 0 bridgehead atoms. The van der Waals surface area contributed by atoms with Crippen LogP contribution in [0.15, 0.2) is 24.3 Å². The Morgan fingerprint density at radius 3 is 1.50 bits per heavy atom. The Labute approximate surface area is 143 Å². The van der Waals surface area contributed by atoms with E-state index < -0.39 is 40.1 Å². The number of hydrogen-bond acceptors (Lipinski definition) is 6. The van der Waals surface area contributed by atoms with E-state index in [2.05, 4.69) is 10.6 Å². The first-order valence-corrected chi connectivity index (χ1v) is 9.61. The van der Waals surface area contributed by atoms with Crippen LogP contribution in [0.5, 0.6) is 0 Å². The molecule has 0 aromatic heterocycles. The van der Waals surface area contributed by atoms with Crippen molar-refractivity contribution in [2.24, 2.45) is 0 Å². The Bertz CT molecular complexity index is 965. The Morgan fingerprint density at radius 1 is 0.769 bits per heavy atom. The van der Waals surface area contributed by atoms with Crippen molar-refractivity contribution in [2.45, 2.75) is 11.0 Å². The van der Waals surface area contributed by atoms with Gasteiger partial charge in [-0.25, -0.2) is 16.8 Å². The van der Waals surface area contributed by atoms with E-state index in [1.54, 1.807) is 0 Å². The molecule has 0 unspecified atom stereocenters. The summed E-state index contributed by atoms with van der Waals surface area (Å²) in [6.07, 6.45) is 0. The van der Waals surface area contributed by atoms with Crippen LogP contribution in [0.2, 0.25) is 0 Å². The highest BCUT2D eigenvalue weighted by molar-refractivity contribution is 8.22. The van der Waals surface area contributed by atoms with Crippen molar-refractivity contribution < 1.29 is 43.2 Å². The molecular formula is C12H10F6N2O4S2. The maximum absolute atomic E-state index is 12.7. The van der Waals surface area contributed by atoms with E-state index in [4.69, 9.17) is 0 Å². The van der Waals surface area contributed by atoms with E-state index in [9.17, 15) is 43.2 Å². The van der Waals surface area contributed by atoms with Gasteiger partial charge in [-0.15, -0.1) is 0 Å². The third kappa shape index (κ3) is 3.47. The molecule has 1 heterocycles. The van der Waals surface area contributed by atoms with Gasteiger partial charge in [0, 0.05) is 23.5 Å². The maximum atomic E-state index is 12.7. The first-order chi connectivity index (χ1) is 11.7. The average Bonchev–Trinajstić information content (AvgIpc) is 2.99. The Kier molecular flexibility index (Phi) is 4.96. The minimum absolute atomic E-state index is 0.291. The Hall–Kier alpha value is -1.96. The summed E-state index contributed by atoms with van der Waals surface area (Å²) in [5.41, 5.74) is -12.5. The summed E-state index contributed by atoms with van der Waals surface area (Å²) in [5, 5.41) is 4.71. The van der Waals surface area contributed by atoms with Gasteiger partial charge in [-0.1, -0.05) is 24.3 Å². The van der Waals surface area contributed by atoms with Gasteiger partial charge in [0.2, 0.25) is 0 Å². The van der Waals surface area contributed by atoms with E-state index in [1.165, 1.54) is 0 Å². The summed E-state index contributed by atoms with van der Waals surface area (Å²) in [5.74, 6) is 0.412.